The first-order valence-corrected chi connectivity index (χ1v) is 6.32. The topological polar surface area (TPSA) is 15.6 Å². The Morgan fingerprint density at radius 1 is 1.44 bits per heavy atom. The molecule has 0 N–H and O–H groups in total. The van der Waals surface area contributed by atoms with Crippen LogP contribution in [-0.4, -0.2) is 28.1 Å². The Morgan fingerprint density at radius 3 is 3.19 bits per heavy atom. The van der Waals surface area contributed by atoms with Crippen molar-refractivity contribution in [2.24, 2.45) is 4.99 Å². The van der Waals surface area contributed by atoms with Gasteiger partial charge in [0.05, 0.1) is 0 Å². The Labute approximate surface area is 103 Å². The van der Waals surface area contributed by atoms with Gasteiger partial charge in [0.2, 0.25) is 0 Å². The molecule has 0 fully saturated rings. The molecule has 0 unspecified atom stereocenters. The van der Waals surface area contributed by atoms with Gasteiger partial charge < -0.3 is 4.90 Å². The largest absolute Gasteiger partial charge is 0.311 e. The second-order valence-electron chi connectivity index (χ2n) is 3.72. The van der Waals surface area contributed by atoms with Crippen molar-refractivity contribution in [3.63, 3.8) is 0 Å². The SMILES string of the molecule is Fc1ccc2c(c1)C1=NCCCN1C(=S)S2. The van der Waals surface area contributed by atoms with Crippen molar-refractivity contribution >= 4 is 34.1 Å². The summed E-state index contributed by atoms with van der Waals surface area (Å²) in [6.45, 7) is 1.69. The predicted molar refractivity (Wildman–Crippen MR) is 67.6 cm³/mol. The van der Waals surface area contributed by atoms with Gasteiger partial charge in [-0.3, -0.25) is 4.99 Å². The van der Waals surface area contributed by atoms with E-state index >= 15 is 0 Å². The highest BCUT2D eigenvalue weighted by atomic mass is 32.2. The van der Waals surface area contributed by atoms with Gasteiger partial charge in [-0.2, -0.15) is 0 Å². The maximum Gasteiger partial charge on any atom is 0.146 e. The minimum absolute atomic E-state index is 0.222. The minimum Gasteiger partial charge on any atom is -0.311 e. The molecule has 2 aliphatic heterocycles. The molecule has 0 saturated carbocycles. The van der Waals surface area contributed by atoms with Crippen LogP contribution in [0.3, 0.4) is 0 Å². The van der Waals surface area contributed by atoms with Crippen molar-refractivity contribution in [3.05, 3.63) is 29.6 Å². The summed E-state index contributed by atoms with van der Waals surface area (Å²) in [6, 6.07) is 4.78. The molecule has 16 heavy (non-hydrogen) atoms. The van der Waals surface area contributed by atoms with Crippen LogP contribution in [0, 0.1) is 5.82 Å². The Bertz CT molecular complexity index is 499. The number of thioether (sulfide) groups is 1. The fourth-order valence-corrected chi connectivity index (χ4v) is 3.25. The molecule has 0 bridgehead atoms. The Hall–Kier alpha value is -0.940. The van der Waals surface area contributed by atoms with Crippen LogP contribution in [0.2, 0.25) is 0 Å². The lowest BCUT2D eigenvalue weighted by atomic mass is 10.1. The average molecular weight is 252 g/mol. The van der Waals surface area contributed by atoms with Gasteiger partial charge in [-0.15, -0.1) is 0 Å². The Kier molecular flexibility index (Phi) is 2.44. The van der Waals surface area contributed by atoms with Crippen LogP contribution >= 0.6 is 24.0 Å². The lowest BCUT2D eigenvalue weighted by Gasteiger charge is -2.34. The highest BCUT2D eigenvalue weighted by Crippen LogP contribution is 2.34. The van der Waals surface area contributed by atoms with E-state index in [1.807, 2.05) is 4.90 Å². The van der Waals surface area contributed by atoms with E-state index in [1.165, 1.54) is 17.8 Å². The van der Waals surface area contributed by atoms with E-state index < -0.39 is 0 Å². The first-order valence-electron chi connectivity index (χ1n) is 5.09. The van der Waals surface area contributed by atoms with E-state index in [-0.39, 0.29) is 5.82 Å². The van der Waals surface area contributed by atoms with E-state index in [0.29, 0.717) is 0 Å². The van der Waals surface area contributed by atoms with Gasteiger partial charge in [0.1, 0.15) is 16.0 Å². The van der Waals surface area contributed by atoms with Gasteiger partial charge in [0, 0.05) is 23.5 Å². The van der Waals surface area contributed by atoms with E-state index in [0.717, 1.165) is 40.1 Å². The van der Waals surface area contributed by atoms with Gasteiger partial charge in [-0.25, -0.2) is 4.39 Å². The number of fused-ring (bicyclic) bond motifs is 3. The zero-order valence-corrected chi connectivity index (χ0v) is 10.1. The average Bonchev–Trinajstić information content (AvgIpc) is 2.31. The van der Waals surface area contributed by atoms with E-state index in [9.17, 15) is 4.39 Å². The van der Waals surface area contributed by atoms with Crippen LogP contribution < -0.4 is 0 Å². The zero-order chi connectivity index (χ0) is 11.1. The van der Waals surface area contributed by atoms with E-state index in [1.54, 1.807) is 12.1 Å². The zero-order valence-electron chi connectivity index (χ0n) is 8.44. The van der Waals surface area contributed by atoms with Crippen molar-refractivity contribution in [2.75, 3.05) is 13.1 Å². The number of amidine groups is 1. The van der Waals surface area contributed by atoms with Crippen molar-refractivity contribution in [2.45, 2.75) is 11.3 Å². The summed E-state index contributed by atoms with van der Waals surface area (Å²) >= 11 is 6.84. The van der Waals surface area contributed by atoms with Crippen LogP contribution in [0.4, 0.5) is 4.39 Å². The van der Waals surface area contributed by atoms with Crippen LogP contribution in [0.25, 0.3) is 0 Å². The van der Waals surface area contributed by atoms with Crippen LogP contribution in [0.1, 0.15) is 12.0 Å². The first kappa shape index (κ1) is 10.2. The number of hydrogen-bond acceptors (Lipinski definition) is 3. The van der Waals surface area contributed by atoms with Crippen molar-refractivity contribution in [1.82, 2.24) is 4.90 Å². The third-order valence-electron chi connectivity index (χ3n) is 2.66. The first-order chi connectivity index (χ1) is 7.75. The van der Waals surface area contributed by atoms with E-state index in [4.69, 9.17) is 12.2 Å². The molecule has 2 aliphatic rings. The summed E-state index contributed by atoms with van der Waals surface area (Å²) in [7, 11) is 0. The van der Waals surface area contributed by atoms with Gasteiger partial charge in [-0.1, -0.05) is 24.0 Å². The molecule has 2 nitrogen and oxygen atoms in total. The number of benzene rings is 1. The summed E-state index contributed by atoms with van der Waals surface area (Å²) in [4.78, 5) is 7.47. The predicted octanol–water partition coefficient (Wildman–Crippen LogP) is 2.67. The van der Waals surface area contributed by atoms with E-state index in [2.05, 4.69) is 4.99 Å². The number of halogens is 1. The fourth-order valence-electron chi connectivity index (χ4n) is 1.93. The lowest BCUT2D eigenvalue weighted by molar-refractivity contribution is 0.559. The highest BCUT2D eigenvalue weighted by molar-refractivity contribution is 8.23. The van der Waals surface area contributed by atoms with Crippen molar-refractivity contribution in [1.29, 1.82) is 0 Å². The Morgan fingerprint density at radius 2 is 2.31 bits per heavy atom. The molecule has 1 aromatic rings. The third-order valence-corrected chi connectivity index (χ3v) is 4.10. The molecule has 0 amide bonds. The number of hydrogen-bond donors (Lipinski definition) is 0. The van der Waals surface area contributed by atoms with Crippen molar-refractivity contribution in [3.8, 4) is 0 Å². The maximum absolute atomic E-state index is 13.2. The molecule has 2 heterocycles. The molecular weight excluding hydrogens is 243 g/mol. The van der Waals surface area contributed by atoms with Gasteiger partial charge in [-0.05, 0) is 24.6 Å². The van der Waals surface area contributed by atoms with Gasteiger partial charge in [0.25, 0.3) is 0 Å². The molecule has 5 heteroatoms. The molecule has 0 aliphatic carbocycles. The number of aliphatic imine (C=N–C) groups is 1. The fraction of sp³-hybridized carbons (Fsp3) is 0.273. The molecule has 0 spiro atoms. The quantitative estimate of drug-likeness (QED) is 0.660. The number of nitrogens with zero attached hydrogens (tertiary/aromatic N) is 2. The molecular formula is C11H9FN2S2. The summed E-state index contributed by atoms with van der Waals surface area (Å²) in [6.07, 6.45) is 1.01. The molecule has 0 aromatic heterocycles. The molecule has 3 rings (SSSR count). The van der Waals surface area contributed by atoms with Crippen molar-refractivity contribution < 1.29 is 4.39 Å². The number of rotatable bonds is 0. The summed E-state index contributed by atoms with van der Waals surface area (Å²) in [5.41, 5.74) is 0.873. The smallest absolute Gasteiger partial charge is 0.146 e. The summed E-state index contributed by atoms with van der Waals surface area (Å²) < 4.78 is 14.1. The lowest BCUT2D eigenvalue weighted by Crippen LogP contribution is -2.41. The monoisotopic (exact) mass is 252 g/mol. The Balaban J connectivity index is 2.18. The summed E-state index contributed by atoms with van der Waals surface area (Å²) in [5.74, 6) is 0.616. The summed E-state index contributed by atoms with van der Waals surface area (Å²) in [5, 5.41) is 0. The minimum atomic E-state index is -0.222. The van der Waals surface area contributed by atoms with Gasteiger partial charge in [0.15, 0.2) is 0 Å². The molecule has 82 valence electrons. The molecule has 0 atom stereocenters. The van der Waals surface area contributed by atoms with Gasteiger partial charge >= 0.3 is 0 Å². The third kappa shape index (κ3) is 1.55. The highest BCUT2D eigenvalue weighted by Gasteiger charge is 2.28. The van der Waals surface area contributed by atoms with Crippen LogP contribution in [0.5, 0.6) is 0 Å². The maximum atomic E-state index is 13.2. The molecule has 0 saturated heterocycles. The molecule has 1 aromatic carbocycles. The standard InChI is InChI=1S/C11H9FN2S2/c12-7-2-3-9-8(6-7)10-13-4-1-5-14(10)11(15)16-9/h2-3,6H,1,4-5H2. The number of thiocarbonyl (C=S) groups is 1. The normalized spacial score (nSPS) is 18.9. The second kappa shape index (κ2) is 3.82. The second-order valence-corrected chi connectivity index (χ2v) is 5.39. The molecule has 0 radical (unpaired) electrons. The van der Waals surface area contributed by atoms with Crippen LogP contribution in [0.15, 0.2) is 28.1 Å². The van der Waals surface area contributed by atoms with Crippen LogP contribution in [-0.2, 0) is 0 Å².